The van der Waals surface area contributed by atoms with Gasteiger partial charge in [-0.05, 0) is 106 Å². The lowest BCUT2D eigenvalue weighted by molar-refractivity contribution is 0.0952. The first-order chi connectivity index (χ1) is 27.7. The molecule has 2 unspecified atom stereocenters. The van der Waals surface area contributed by atoms with E-state index in [9.17, 15) is 18.4 Å². The summed E-state index contributed by atoms with van der Waals surface area (Å²) in [6.45, 7) is 5.29. The monoisotopic (exact) mass is 863 g/mol. The maximum Gasteiger partial charge on any atom is 0.261 e. The summed E-state index contributed by atoms with van der Waals surface area (Å²) >= 11 is 3.45. The van der Waals surface area contributed by atoms with Crippen molar-refractivity contribution in [1.29, 1.82) is 0 Å². The van der Waals surface area contributed by atoms with Crippen LogP contribution in [0.4, 0.5) is 8.78 Å². The molecule has 0 aliphatic carbocycles. The highest BCUT2D eigenvalue weighted by Gasteiger charge is 2.31. The average Bonchev–Trinajstić information content (AvgIpc) is 3.22. The SMILES string of the molecule is C#Cc1cccc(F)n1.Cl.O=c1c2ccc(Br)cc2nc2n1CC1CCCCN1C2.O=c1c2ccc(C#Cc3cccc(F)c3)cc2nc2n1CC1CCCCN1C2. The molecule has 2 fully saturated rings. The first-order valence-corrected chi connectivity index (χ1v) is 20.1. The minimum atomic E-state index is -0.537. The third kappa shape index (κ3) is 9.06. The van der Waals surface area contributed by atoms with Crippen molar-refractivity contribution >= 4 is 50.1 Å². The van der Waals surface area contributed by atoms with Gasteiger partial charge in [-0.2, -0.15) is 4.39 Å². The minimum Gasteiger partial charge on any atom is -0.293 e. The zero-order chi connectivity index (χ0) is 39.5. The number of nitrogens with zero attached hydrogens (tertiary/aromatic N) is 7. The molecule has 6 aromatic rings. The molecule has 296 valence electrons. The molecule has 0 saturated carbocycles. The molecular weight excluding hydrogens is 824 g/mol. The molecule has 3 aromatic heterocycles. The molecular formula is C45H41BrClF2N7O2. The van der Waals surface area contributed by atoms with Crippen molar-refractivity contribution in [2.45, 2.75) is 76.8 Å². The number of aromatic nitrogens is 5. The van der Waals surface area contributed by atoms with E-state index < -0.39 is 5.95 Å². The van der Waals surface area contributed by atoms with E-state index in [1.54, 1.807) is 24.3 Å². The van der Waals surface area contributed by atoms with Crippen LogP contribution in [-0.4, -0.2) is 59.1 Å². The van der Waals surface area contributed by atoms with Crippen LogP contribution in [0, 0.1) is 35.9 Å². The van der Waals surface area contributed by atoms with Crippen LogP contribution in [0.3, 0.4) is 0 Å². The number of fused-ring (bicyclic) bond motifs is 6. The fourth-order valence-electron chi connectivity index (χ4n) is 8.14. The first kappa shape index (κ1) is 40.9. The number of hydrogen-bond acceptors (Lipinski definition) is 7. The van der Waals surface area contributed by atoms with E-state index in [4.69, 9.17) is 16.4 Å². The van der Waals surface area contributed by atoms with E-state index >= 15 is 0 Å². The fraction of sp³-hybridized carbons (Fsp3) is 0.311. The highest BCUT2D eigenvalue weighted by molar-refractivity contribution is 9.10. The van der Waals surface area contributed by atoms with Crippen LogP contribution in [0.25, 0.3) is 21.8 Å². The van der Waals surface area contributed by atoms with Crippen molar-refractivity contribution in [2.75, 3.05) is 13.1 Å². The quantitative estimate of drug-likeness (QED) is 0.116. The van der Waals surface area contributed by atoms with Gasteiger partial charge in [0.25, 0.3) is 11.1 Å². The second kappa shape index (κ2) is 18.1. The molecule has 0 N–H and O–H groups in total. The number of hydrogen-bond donors (Lipinski definition) is 0. The zero-order valence-corrected chi connectivity index (χ0v) is 34.1. The predicted molar refractivity (Wildman–Crippen MR) is 228 cm³/mol. The summed E-state index contributed by atoms with van der Waals surface area (Å²) in [6, 6.07) is 22.7. The summed E-state index contributed by atoms with van der Waals surface area (Å²) in [4.78, 5) is 43.5. The summed E-state index contributed by atoms with van der Waals surface area (Å²) in [7, 11) is 0. The van der Waals surface area contributed by atoms with Gasteiger partial charge in [-0.15, -0.1) is 18.8 Å². The second-order valence-corrected chi connectivity index (χ2v) is 15.7. The summed E-state index contributed by atoms with van der Waals surface area (Å²) in [6.07, 6.45) is 12.3. The van der Waals surface area contributed by atoms with E-state index in [0.717, 1.165) is 78.3 Å². The molecule has 4 aliphatic rings. The van der Waals surface area contributed by atoms with Crippen molar-refractivity contribution in [3.63, 3.8) is 0 Å². The topological polar surface area (TPSA) is 89.1 Å². The Kier molecular flexibility index (Phi) is 12.8. The highest BCUT2D eigenvalue weighted by Crippen LogP contribution is 2.27. The highest BCUT2D eigenvalue weighted by atomic mass is 79.9. The van der Waals surface area contributed by atoms with Crippen LogP contribution in [0.5, 0.6) is 0 Å². The molecule has 0 bridgehead atoms. The van der Waals surface area contributed by atoms with E-state index in [-0.39, 0.29) is 29.3 Å². The Morgan fingerprint density at radius 3 is 1.81 bits per heavy atom. The lowest BCUT2D eigenvalue weighted by Gasteiger charge is -2.40. The van der Waals surface area contributed by atoms with Gasteiger partial charge in [-0.1, -0.05) is 58.7 Å². The van der Waals surface area contributed by atoms with E-state index in [2.05, 4.69) is 48.5 Å². The van der Waals surface area contributed by atoms with Crippen LogP contribution >= 0.6 is 28.3 Å². The summed E-state index contributed by atoms with van der Waals surface area (Å²) in [5.74, 6) is 9.15. The molecule has 4 aliphatic heterocycles. The molecule has 0 amide bonds. The van der Waals surface area contributed by atoms with E-state index in [0.29, 0.717) is 34.2 Å². The molecule has 0 radical (unpaired) electrons. The summed E-state index contributed by atoms with van der Waals surface area (Å²) in [5, 5.41) is 1.35. The van der Waals surface area contributed by atoms with E-state index in [1.807, 2.05) is 39.5 Å². The van der Waals surface area contributed by atoms with Crippen LogP contribution in [-0.2, 0) is 26.2 Å². The van der Waals surface area contributed by atoms with Crippen molar-refractivity contribution in [1.82, 2.24) is 33.9 Å². The normalized spacial score (nSPS) is 18.2. The molecule has 9 nitrogen and oxygen atoms in total. The molecule has 3 aromatic carbocycles. The van der Waals surface area contributed by atoms with E-state index in [1.165, 1.54) is 56.4 Å². The molecule has 10 rings (SSSR count). The van der Waals surface area contributed by atoms with Gasteiger partial charge in [-0.3, -0.25) is 28.5 Å². The van der Waals surface area contributed by atoms with Crippen molar-refractivity contribution in [3.05, 3.63) is 144 Å². The van der Waals surface area contributed by atoms with Gasteiger partial charge in [-0.25, -0.2) is 19.3 Å². The third-order valence-corrected chi connectivity index (χ3v) is 11.5. The van der Waals surface area contributed by atoms with Crippen LogP contribution in [0.15, 0.2) is 92.9 Å². The number of benzene rings is 3. The van der Waals surface area contributed by atoms with Gasteiger partial charge in [0, 0.05) is 40.8 Å². The third-order valence-electron chi connectivity index (χ3n) is 11.0. The van der Waals surface area contributed by atoms with Gasteiger partial charge in [0.05, 0.1) is 34.9 Å². The van der Waals surface area contributed by atoms with Crippen LogP contribution in [0.2, 0.25) is 0 Å². The molecule has 2 atom stereocenters. The second-order valence-electron chi connectivity index (χ2n) is 14.8. The van der Waals surface area contributed by atoms with Crippen LogP contribution in [0.1, 0.15) is 67.0 Å². The number of halogens is 4. The zero-order valence-electron chi connectivity index (χ0n) is 31.7. The van der Waals surface area contributed by atoms with Crippen molar-refractivity contribution in [3.8, 4) is 24.2 Å². The Hall–Kier alpha value is -5.24. The van der Waals surface area contributed by atoms with Gasteiger partial charge < -0.3 is 0 Å². The molecule has 13 heteroatoms. The maximum atomic E-state index is 13.3. The van der Waals surface area contributed by atoms with Crippen LogP contribution < -0.4 is 11.1 Å². The Labute approximate surface area is 349 Å². The lowest BCUT2D eigenvalue weighted by Crippen LogP contribution is -2.49. The lowest BCUT2D eigenvalue weighted by atomic mass is 10.00. The smallest absolute Gasteiger partial charge is 0.261 e. The molecule has 0 spiro atoms. The Morgan fingerprint density at radius 1 is 0.672 bits per heavy atom. The number of pyridine rings is 1. The Bertz CT molecular complexity index is 2720. The molecule has 58 heavy (non-hydrogen) atoms. The van der Waals surface area contributed by atoms with Gasteiger partial charge in [0.15, 0.2) is 0 Å². The number of terminal acetylenes is 1. The average molecular weight is 865 g/mol. The summed E-state index contributed by atoms with van der Waals surface area (Å²) < 4.78 is 30.2. The first-order valence-electron chi connectivity index (χ1n) is 19.3. The maximum absolute atomic E-state index is 13.3. The van der Waals surface area contributed by atoms with Crippen molar-refractivity contribution < 1.29 is 8.78 Å². The summed E-state index contributed by atoms with van der Waals surface area (Å²) in [5.41, 5.74) is 3.34. The number of piperidine rings is 2. The van der Waals surface area contributed by atoms with Gasteiger partial charge >= 0.3 is 0 Å². The van der Waals surface area contributed by atoms with Gasteiger partial charge in [0.2, 0.25) is 5.95 Å². The Balaban J connectivity index is 0.000000148. The fourth-order valence-corrected chi connectivity index (χ4v) is 8.49. The van der Waals surface area contributed by atoms with Crippen molar-refractivity contribution in [2.24, 2.45) is 0 Å². The Morgan fingerprint density at radius 2 is 1.24 bits per heavy atom. The largest absolute Gasteiger partial charge is 0.293 e. The predicted octanol–water partition coefficient (Wildman–Crippen LogP) is 7.45. The molecule has 2 saturated heterocycles. The molecule has 7 heterocycles. The van der Waals surface area contributed by atoms with Gasteiger partial charge in [0.1, 0.15) is 23.2 Å². The minimum absolute atomic E-state index is 0. The standard InChI is InChI=1S/C23H20FN3O.C15H16BrN3O.C7H4FN.ClH/c24-18-5-3-4-16(12-18)7-8-17-9-10-20-21(13-17)25-22-15-26-11-2-1-6-19(26)14-27(22)23(20)28;16-10-4-5-12-13(7-10)17-14-9-18-6-2-1-3-11(18)8-19(14)15(12)20;1-2-6-4-3-5-7(8)9-6;/h3-5,9-10,12-13,19H,1-2,6,11,14-15H2;4-5,7,11H,1-3,6,8-9H2;1,3-5H;1H. The number of rotatable bonds is 0.